The highest BCUT2D eigenvalue weighted by Gasteiger charge is 2.30. The number of rotatable bonds is 8. The summed E-state index contributed by atoms with van der Waals surface area (Å²) in [5.74, 6) is 1.40. The van der Waals surface area contributed by atoms with Crippen LogP contribution < -0.4 is 10.6 Å². The molecule has 0 aliphatic heterocycles. The van der Waals surface area contributed by atoms with Crippen LogP contribution in [-0.4, -0.2) is 38.1 Å². The van der Waals surface area contributed by atoms with Crippen molar-refractivity contribution in [2.75, 3.05) is 11.9 Å². The van der Waals surface area contributed by atoms with Gasteiger partial charge in [-0.3, -0.25) is 9.48 Å². The third-order valence-corrected chi connectivity index (χ3v) is 5.08. The van der Waals surface area contributed by atoms with Crippen molar-refractivity contribution in [1.82, 2.24) is 24.9 Å². The first-order chi connectivity index (χ1) is 12.0. The number of amides is 1. The van der Waals surface area contributed by atoms with E-state index in [1.54, 1.807) is 6.20 Å². The molecule has 2 aromatic rings. The van der Waals surface area contributed by atoms with E-state index < -0.39 is 0 Å². The van der Waals surface area contributed by atoms with E-state index in [4.69, 9.17) is 0 Å². The topological polar surface area (TPSA) is 76.8 Å². The Morgan fingerprint density at radius 3 is 2.72 bits per heavy atom. The predicted molar refractivity (Wildman–Crippen MR) is 97.4 cm³/mol. The summed E-state index contributed by atoms with van der Waals surface area (Å²) in [4.78, 5) is 12.3. The molecule has 1 amide bonds. The Morgan fingerprint density at radius 1 is 1.32 bits per heavy atom. The number of hydrogen-bond acceptors (Lipinski definition) is 4. The molecule has 3 rings (SSSR count). The molecule has 0 bridgehead atoms. The SMILES string of the molecule is Cc1cnn([C@H](C)[C@H](C)NCC(=O)Nc2ccnn2[C@@H](C)C2CC2)c1. The lowest BCUT2D eigenvalue weighted by molar-refractivity contribution is -0.115. The maximum absolute atomic E-state index is 12.3. The van der Waals surface area contributed by atoms with Crippen molar-refractivity contribution in [3.05, 3.63) is 30.2 Å². The zero-order valence-corrected chi connectivity index (χ0v) is 15.4. The average molecular weight is 344 g/mol. The van der Waals surface area contributed by atoms with Gasteiger partial charge in [0.2, 0.25) is 5.91 Å². The quantitative estimate of drug-likeness (QED) is 0.771. The molecule has 0 spiro atoms. The van der Waals surface area contributed by atoms with Crippen LogP contribution in [0, 0.1) is 12.8 Å². The lowest BCUT2D eigenvalue weighted by atomic mass is 10.2. The molecule has 2 heterocycles. The molecule has 1 aliphatic rings. The molecule has 7 heteroatoms. The predicted octanol–water partition coefficient (Wildman–Crippen LogP) is 2.54. The number of carbonyl (C=O) groups is 1. The van der Waals surface area contributed by atoms with E-state index in [0.29, 0.717) is 12.0 Å². The van der Waals surface area contributed by atoms with Crippen LogP contribution in [0.15, 0.2) is 24.7 Å². The van der Waals surface area contributed by atoms with E-state index in [2.05, 4.69) is 41.6 Å². The largest absolute Gasteiger partial charge is 0.310 e. The lowest BCUT2D eigenvalue weighted by Crippen LogP contribution is -2.39. The van der Waals surface area contributed by atoms with Gasteiger partial charge in [-0.1, -0.05) is 0 Å². The zero-order chi connectivity index (χ0) is 18.0. The van der Waals surface area contributed by atoms with Crippen molar-refractivity contribution in [3.63, 3.8) is 0 Å². The van der Waals surface area contributed by atoms with Crippen LogP contribution in [-0.2, 0) is 4.79 Å². The maximum Gasteiger partial charge on any atom is 0.239 e. The Hall–Kier alpha value is -2.15. The summed E-state index contributed by atoms with van der Waals surface area (Å²) in [6.45, 7) is 8.60. The lowest BCUT2D eigenvalue weighted by Gasteiger charge is -2.22. The van der Waals surface area contributed by atoms with Gasteiger partial charge >= 0.3 is 0 Å². The number of aryl methyl sites for hydroxylation is 1. The van der Waals surface area contributed by atoms with Gasteiger partial charge in [0.25, 0.3) is 0 Å². The van der Waals surface area contributed by atoms with Crippen LogP contribution in [0.25, 0.3) is 0 Å². The molecular formula is C18H28N6O. The summed E-state index contributed by atoms with van der Waals surface area (Å²) in [6.07, 6.45) is 8.10. The van der Waals surface area contributed by atoms with Crippen LogP contribution in [0.1, 0.15) is 51.3 Å². The molecule has 1 fully saturated rings. The maximum atomic E-state index is 12.3. The van der Waals surface area contributed by atoms with Gasteiger partial charge in [-0.2, -0.15) is 10.2 Å². The summed E-state index contributed by atoms with van der Waals surface area (Å²) in [7, 11) is 0. The van der Waals surface area contributed by atoms with E-state index in [1.165, 1.54) is 12.8 Å². The van der Waals surface area contributed by atoms with Crippen LogP contribution in [0.4, 0.5) is 5.82 Å². The van der Waals surface area contributed by atoms with Crippen molar-refractivity contribution >= 4 is 11.7 Å². The van der Waals surface area contributed by atoms with Gasteiger partial charge in [-0.25, -0.2) is 4.68 Å². The van der Waals surface area contributed by atoms with Gasteiger partial charge in [-0.15, -0.1) is 0 Å². The molecule has 0 radical (unpaired) electrons. The Kier molecular flexibility index (Phi) is 5.22. The molecule has 0 aromatic carbocycles. The molecule has 2 aromatic heterocycles. The van der Waals surface area contributed by atoms with Gasteiger partial charge in [0.05, 0.1) is 31.0 Å². The van der Waals surface area contributed by atoms with Gasteiger partial charge in [0.15, 0.2) is 0 Å². The molecule has 136 valence electrons. The summed E-state index contributed by atoms with van der Waals surface area (Å²) in [5.41, 5.74) is 1.13. The highest BCUT2D eigenvalue weighted by atomic mass is 16.2. The molecule has 25 heavy (non-hydrogen) atoms. The van der Waals surface area contributed by atoms with E-state index >= 15 is 0 Å². The van der Waals surface area contributed by atoms with Gasteiger partial charge < -0.3 is 10.6 Å². The van der Waals surface area contributed by atoms with Crippen molar-refractivity contribution in [2.45, 2.75) is 58.7 Å². The van der Waals surface area contributed by atoms with E-state index in [-0.39, 0.29) is 24.5 Å². The minimum absolute atomic E-state index is 0.0551. The summed E-state index contributed by atoms with van der Waals surface area (Å²) >= 11 is 0. The Morgan fingerprint density at radius 2 is 2.08 bits per heavy atom. The highest BCUT2D eigenvalue weighted by Crippen LogP contribution is 2.40. The molecule has 3 atom stereocenters. The summed E-state index contributed by atoms with van der Waals surface area (Å²) < 4.78 is 3.85. The first-order valence-corrected chi connectivity index (χ1v) is 9.03. The minimum atomic E-state index is -0.0551. The highest BCUT2D eigenvalue weighted by molar-refractivity contribution is 5.91. The number of carbonyl (C=O) groups excluding carboxylic acids is 1. The fourth-order valence-electron chi connectivity index (χ4n) is 3.01. The normalized spacial score (nSPS) is 17.9. The summed E-state index contributed by atoms with van der Waals surface area (Å²) in [6, 6.07) is 2.48. The fraction of sp³-hybridized carbons (Fsp3) is 0.611. The van der Waals surface area contributed by atoms with Crippen molar-refractivity contribution in [2.24, 2.45) is 5.92 Å². The van der Waals surface area contributed by atoms with Crippen LogP contribution in [0.2, 0.25) is 0 Å². The van der Waals surface area contributed by atoms with Crippen LogP contribution in [0.3, 0.4) is 0 Å². The minimum Gasteiger partial charge on any atom is -0.310 e. The molecule has 1 saturated carbocycles. The van der Waals surface area contributed by atoms with Gasteiger partial charge in [-0.05, 0) is 52.0 Å². The summed E-state index contributed by atoms with van der Waals surface area (Å²) in [5, 5.41) is 15.0. The standard InChI is InChI=1S/C18H28N6O/c1-12-9-21-23(11-12)14(3)13(2)19-10-18(25)22-17-7-8-20-24(17)15(4)16-5-6-16/h7-9,11,13-16,19H,5-6,10H2,1-4H3,(H,22,25)/t13-,14+,15-/m0/s1. The van der Waals surface area contributed by atoms with Gasteiger partial charge in [0.1, 0.15) is 5.82 Å². The molecular weight excluding hydrogens is 316 g/mol. The second kappa shape index (κ2) is 7.39. The third kappa shape index (κ3) is 4.28. The third-order valence-electron chi connectivity index (χ3n) is 5.08. The van der Waals surface area contributed by atoms with E-state index in [0.717, 1.165) is 11.4 Å². The first-order valence-electron chi connectivity index (χ1n) is 9.03. The molecule has 0 unspecified atom stereocenters. The van der Waals surface area contributed by atoms with Crippen LogP contribution >= 0.6 is 0 Å². The molecule has 7 nitrogen and oxygen atoms in total. The number of nitrogens with zero attached hydrogens (tertiary/aromatic N) is 4. The average Bonchev–Trinajstić information content (AvgIpc) is 3.20. The molecule has 1 aliphatic carbocycles. The van der Waals surface area contributed by atoms with Gasteiger partial charge in [0, 0.05) is 18.3 Å². The second-order valence-corrected chi connectivity index (χ2v) is 7.20. The Balaban J connectivity index is 1.50. The second-order valence-electron chi connectivity index (χ2n) is 7.20. The number of nitrogens with one attached hydrogen (secondary N) is 2. The van der Waals surface area contributed by atoms with Crippen LogP contribution in [0.5, 0.6) is 0 Å². The number of hydrogen-bond donors (Lipinski definition) is 2. The van der Waals surface area contributed by atoms with Crippen molar-refractivity contribution < 1.29 is 4.79 Å². The Labute approximate surface area is 148 Å². The zero-order valence-electron chi connectivity index (χ0n) is 15.4. The Bertz CT molecular complexity index is 717. The first kappa shape index (κ1) is 17.7. The number of aromatic nitrogens is 4. The smallest absolute Gasteiger partial charge is 0.239 e. The van der Waals surface area contributed by atoms with Crippen molar-refractivity contribution in [3.8, 4) is 0 Å². The van der Waals surface area contributed by atoms with Crippen molar-refractivity contribution in [1.29, 1.82) is 0 Å². The van der Waals surface area contributed by atoms with E-state index in [1.807, 2.05) is 34.7 Å². The van der Waals surface area contributed by atoms with E-state index in [9.17, 15) is 4.79 Å². The molecule has 2 N–H and O–H groups in total. The fourth-order valence-corrected chi connectivity index (χ4v) is 3.01. The monoisotopic (exact) mass is 344 g/mol. The number of anilines is 1. The molecule has 0 saturated heterocycles.